The summed E-state index contributed by atoms with van der Waals surface area (Å²) in [4.78, 5) is 12.8. The van der Waals surface area contributed by atoms with Gasteiger partial charge in [-0.2, -0.15) is 0 Å². The number of nitrogens with zero attached hydrogens (tertiary/aromatic N) is 1. The Hall–Kier alpha value is -0.830. The molecule has 0 aromatic heterocycles. The molecule has 0 aliphatic heterocycles. The van der Waals surface area contributed by atoms with E-state index in [0.717, 1.165) is 0 Å². The Bertz CT molecular complexity index is 154. The molecule has 0 aliphatic carbocycles. The highest BCUT2D eigenvalue weighted by Gasteiger charge is 2.08. The Morgan fingerprint density at radius 2 is 2.18 bits per heavy atom. The number of likely N-dealkylation sites (N-methyl/N-ethyl adjacent to an activating group) is 1. The summed E-state index contributed by atoms with van der Waals surface area (Å²) in [6.45, 7) is 6.65. The van der Waals surface area contributed by atoms with Crippen molar-refractivity contribution in [1.82, 2.24) is 4.90 Å². The number of nitrogens with two attached hydrogens (primary N) is 1. The molecule has 0 aliphatic rings. The van der Waals surface area contributed by atoms with E-state index in [1.54, 1.807) is 11.9 Å². The van der Waals surface area contributed by atoms with Gasteiger partial charge >= 0.3 is 0 Å². The zero-order valence-corrected chi connectivity index (χ0v) is 7.26. The van der Waals surface area contributed by atoms with Gasteiger partial charge in [-0.25, -0.2) is 0 Å². The standard InChI is InChI=1S/C8H16N2O/c1-4-7(2)8(11)10(3)6-5-9/h2,4-6,9H2,1,3H3. The summed E-state index contributed by atoms with van der Waals surface area (Å²) in [6.07, 6.45) is 0.702. The first kappa shape index (κ1) is 10.2. The number of amides is 1. The van der Waals surface area contributed by atoms with Gasteiger partial charge in [0.25, 0.3) is 0 Å². The lowest BCUT2D eigenvalue weighted by atomic mass is 10.2. The third-order valence-corrected chi connectivity index (χ3v) is 1.54. The molecule has 11 heavy (non-hydrogen) atoms. The second-order valence-corrected chi connectivity index (χ2v) is 2.47. The highest BCUT2D eigenvalue weighted by atomic mass is 16.2. The van der Waals surface area contributed by atoms with E-state index in [0.29, 0.717) is 25.1 Å². The molecule has 0 radical (unpaired) electrons. The van der Waals surface area contributed by atoms with Gasteiger partial charge in [-0.1, -0.05) is 13.5 Å². The number of hydrogen-bond donors (Lipinski definition) is 1. The lowest BCUT2D eigenvalue weighted by molar-refractivity contribution is -0.125. The van der Waals surface area contributed by atoms with Gasteiger partial charge in [0, 0.05) is 25.7 Å². The molecular formula is C8H16N2O. The van der Waals surface area contributed by atoms with E-state index in [1.165, 1.54) is 0 Å². The van der Waals surface area contributed by atoms with E-state index < -0.39 is 0 Å². The Morgan fingerprint density at radius 1 is 1.64 bits per heavy atom. The summed E-state index contributed by atoms with van der Waals surface area (Å²) in [7, 11) is 1.73. The van der Waals surface area contributed by atoms with Crippen molar-refractivity contribution < 1.29 is 4.79 Å². The van der Waals surface area contributed by atoms with Gasteiger partial charge < -0.3 is 10.6 Å². The first-order chi connectivity index (χ1) is 5.13. The molecule has 0 bridgehead atoms. The van der Waals surface area contributed by atoms with Crippen LogP contribution >= 0.6 is 0 Å². The molecule has 64 valence electrons. The van der Waals surface area contributed by atoms with Crippen molar-refractivity contribution in [2.24, 2.45) is 5.73 Å². The van der Waals surface area contributed by atoms with Crippen LogP contribution < -0.4 is 5.73 Å². The molecule has 0 rings (SSSR count). The van der Waals surface area contributed by atoms with E-state index in [2.05, 4.69) is 6.58 Å². The van der Waals surface area contributed by atoms with Crippen molar-refractivity contribution >= 4 is 5.91 Å². The Kier molecular flexibility index (Phi) is 4.54. The molecule has 0 aromatic carbocycles. The number of carbonyl (C=O) groups is 1. The normalized spacial score (nSPS) is 9.36. The minimum absolute atomic E-state index is 0.00190. The monoisotopic (exact) mass is 156 g/mol. The molecule has 0 saturated heterocycles. The number of rotatable bonds is 4. The van der Waals surface area contributed by atoms with E-state index >= 15 is 0 Å². The smallest absolute Gasteiger partial charge is 0.248 e. The maximum atomic E-state index is 11.2. The van der Waals surface area contributed by atoms with Crippen LogP contribution in [-0.2, 0) is 4.79 Å². The fourth-order valence-electron chi connectivity index (χ4n) is 0.716. The van der Waals surface area contributed by atoms with Crippen LogP contribution in [0.2, 0.25) is 0 Å². The van der Waals surface area contributed by atoms with Crippen LogP contribution in [-0.4, -0.2) is 30.9 Å². The Morgan fingerprint density at radius 3 is 2.55 bits per heavy atom. The predicted molar refractivity (Wildman–Crippen MR) is 46.1 cm³/mol. The van der Waals surface area contributed by atoms with Gasteiger partial charge in [-0.15, -0.1) is 0 Å². The van der Waals surface area contributed by atoms with Crippen LogP contribution in [0, 0.1) is 0 Å². The molecule has 3 nitrogen and oxygen atoms in total. The lowest BCUT2D eigenvalue weighted by Gasteiger charge is -2.16. The minimum Gasteiger partial charge on any atom is -0.341 e. The summed E-state index contributed by atoms with van der Waals surface area (Å²) in [5, 5.41) is 0. The van der Waals surface area contributed by atoms with E-state index in [9.17, 15) is 4.79 Å². The third kappa shape index (κ3) is 3.18. The van der Waals surface area contributed by atoms with Crippen molar-refractivity contribution in [3.05, 3.63) is 12.2 Å². The van der Waals surface area contributed by atoms with E-state index in [4.69, 9.17) is 5.73 Å². The van der Waals surface area contributed by atoms with Gasteiger partial charge in [0.05, 0.1) is 0 Å². The molecule has 2 N–H and O–H groups in total. The summed E-state index contributed by atoms with van der Waals surface area (Å²) in [5.41, 5.74) is 5.93. The molecule has 0 aromatic rings. The highest BCUT2D eigenvalue weighted by Crippen LogP contribution is 2.00. The summed E-state index contributed by atoms with van der Waals surface area (Å²) in [5.74, 6) is -0.00190. The van der Waals surface area contributed by atoms with Crippen molar-refractivity contribution in [2.75, 3.05) is 20.1 Å². The summed E-state index contributed by atoms with van der Waals surface area (Å²) < 4.78 is 0. The molecular weight excluding hydrogens is 140 g/mol. The summed E-state index contributed by atoms with van der Waals surface area (Å²) >= 11 is 0. The first-order valence-electron chi connectivity index (χ1n) is 3.76. The van der Waals surface area contributed by atoms with Gasteiger partial charge in [0.1, 0.15) is 0 Å². The predicted octanol–water partition coefficient (Wildman–Crippen LogP) is 0.370. The Labute approximate surface area is 67.9 Å². The lowest BCUT2D eigenvalue weighted by Crippen LogP contribution is -2.32. The van der Waals surface area contributed by atoms with Crippen molar-refractivity contribution in [2.45, 2.75) is 13.3 Å². The second kappa shape index (κ2) is 4.91. The van der Waals surface area contributed by atoms with Crippen molar-refractivity contribution in [3.8, 4) is 0 Å². The van der Waals surface area contributed by atoms with Crippen LogP contribution in [0.3, 0.4) is 0 Å². The zero-order valence-electron chi connectivity index (χ0n) is 7.26. The molecule has 0 unspecified atom stereocenters. The van der Waals surface area contributed by atoms with Crippen LogP contribution in [0.15, 0.2) is 12.2 Å². The largest absolute Gasteiger partial charge is 0.341 e. The fraction of sp³-hybridized carbons (Fsp3) is 0.625. The second-order valence-electron chi connectivity index (χ2n) is 2.47. The number of hydrogen-bond acceptors (Lipinski definition) is 2. The molecule has 0 saturated carbocycles. The van der Waals surface area contributed by atoms with Gasteiger partial charge in [0.2, 0.25) is 5.91 Å². The quantitative estimate of drug-likeness (QED) is 0.598. The highest BCUT2D eigenvalue weighted by molar-refractivity contribution is 5.92. The Balaban J connectivity index is 3.91. The van der Waals surface area contributed by atoms with Gasteiger partial charge in [-0.3, -0.25) is 4.79 Å². The zero-order chi connectivity index (χ0) is 8.85. The van der Waals surface area contributed by atoms with E-state index in [-0.39, 0.29) is 5.91 Å². The van der Waals surface area contributed by atoms with Crippen LogP contribution in [0.5, 0.6) is 0 Å². The van der Waals surface area contributed by atoms with E-state index in [1.807, 2.05) is 6.92 Å². The topological polar surface area (TPSA) is 46.3 Å². The van der Waals surface area contributed by atoms with Gasteiger partial charge in [-0.05, 0) is 6.42 Å². The van der Waals surface area contributed by atoms with Crippen LogP contribution in [0.4, 0.5) is 0 Å². The third-order valence-electron chi connectivity index (χ3n) is 1.54. The van der Waals surface area contributed by atoms with Crippen molar-refractivity contribution in [1.29, 1.82) is 0 Å². The maximum absolute atomic E-state index is 11.2. The van der Waals surface area contributed by atoms with Crippen LogP contribution in [0.1, 0.15) is 13.3 Å². The first-order valence-corrected chi connectivity index (χ1v) is 3.76. The SMILES string of the molecule is C=C(CC)C(=O)N(C)CCN. The van der Waals surface area contributed by atoms with Crippen molar-refractivity contribution in [3.63, 3.8) is 0 Å². The molecule has 0 fully saturated rings. The molecule has 0 spiro atoms. The molecule has 1 amide bonds. The average molecular weight is 156 g/mol. The molecule has 0 atom stereocenters. The minimum atomic E-state index is -0.00190. The molecule has 3 heteroatoms. The fourth-order valence-corrected chi connectivity index (χ4v) is 0.716. The van der Waals surface area contributed by atoms with Crippen LogP contribution in [0.25, 0.3) is 0 Å². The summed E-state index contributed by atoms with van der Waals surface area (Å²) in [6, 6.07) is 0. The van der Waals surface area contributed by atoms with Gasteiger partial charge in [0.15, 0.2) is 0 Å². The molecule has 0 heterocycles. The average Bonchev–Trinajstić information content (AvgIpc) is 2.02. The number of carbonyl (C=O) groups excluding carboxylic acids is 1. The maximum Gasteiger partial charge on any atom is 0.248 e.